The fourth-order valence-corrected chi connectivity index (χ4v) is 4.46. The van der Waals surface area contributed by atoms with E-state index in [1.165, 1.54) is 11.1 Å². The van der Waals surface area contributed by atoms with Crippen LogP contribution in [0, 0.1) is 16.7 Å². The van der Waals surface area contributed by atoms with Gasteiger partial charge in [0.1, 0.15) is 9.84 Å². The monoisotopic (exact) mass is 291 g/mol. The van der Waals surface area contributed by atoms with Crippen molar-refractivity contribution in [2.45, 2.75) is 39.0 Å². The Labute approximate surface area is 121 Å². The van der Waals surface area contributed by atoms with Crippen LogP contribution in [-0.4, -0.2) is 19.9 Å². The average molecular weight is 291 g/mol. The van der Waals surface area contributed by atoms with Crippen LogP contribution < -0.4 is 0 Å². The van der Waals surface area contributed by atoms with Gasteiger partial charge in [0.25, 0.3) is 0 Å². The Morgan fingerprint density at radius 1 is 1.25 bits per heavy atom. The lowest BCUT2D eigenvalue weighted by atomic mass is 9.71. The molecule has 1 aromatic rings. The number of aryl methyl sites for hydroxylation is 1. The summed E-state index contributed by atoms with van der Waals surface area (Å²) in [5, 5.41) is 9.55. The van der Waals surface area contributed by atoms with Gasteiger partial charge in [-0.2, -0.15) is 5.26 Å². The van der Waals surface area contributed by atoms with Crippen LogP contribution in [0.5, 0.6) is 0 Å². The van der Waals surface area contributed by atoms with E-state index < -0.39 is 15.3 Å². The van der Waals surface area contributed by atoms with E-state index >= 15 is 0 Å². The van der Waals surface area contributed by atoms with Crippen LogP contribution in [0.1, 0.15) is 37.3 Å². The van der Waals surface area contributed by atoms with E-state index in [9.17, 15) is 13.7 Å². The predicted octanol–water partition coefficient (Wildman–Crippen LogP) is 2.90. The molecule has 1 unspecified atom stereocenters. The van der Waals surface area contributed by atoms with Crippen LogP contribution in [0.25, 0.3) is 0 Å². The second-order valence-corrected chi connectivity index (χ2v) is 8.04. The lowest BCUT2D eigenvalue weighted by Gasteiger charge is -2.32. The van der Waals surface area contributed by atoms with Gasteiger partial charge >= 0.3 is 0 Å². The summed E-state index contributed by atoms with van der Waals surface area (Å²) >= 11 is 0. The van der Waals surface area contributed by atoms with Gasteiger partial charge in [0.05, 0.1) is 17.2 Å². The minimum Gasteiger partial charge on any atom is -0.229 e. The third-order valence-electron chi connectivity index (χ3n) is 4.16. The Kier molecular flexibility index (Phi) is 4.49. The molecular weight excluding hydrogens is 270 g/mol. The SMILES string of the molecule is CCCS(=O)(=O)CCC1(C#N)CCc2ccccc2C1. The first-order valence-corrected chi connectivity index (χ1v) is 9.01. The summed E-state index contributed by atoms with van der Waals surface area (Å²) in [4.78, 5) is 0. The smallest absolute Gasteiger partial charge is 0.150 e. The van der Waals surface area contributed by atoms with E-state index in [0.29, 0.717) is 19.3 Å². The largest absolute Gasteiger partial charge is 0.229 e. The van der Waals surface area contributed by atoms with E-state index in [0.717, 1.165) is 12.8 Å². The molecule has 0 aliphatic heterocycles. The van der Waals surface area contributed by atoms with Gasteiger partial charge in [-0.1, -0.05) is 31.2 Å². The molecule has 0 fully saturated rings. The van der Waals surface area contributed by atoms with Gasteiger partial charge in [-0.15, -0.1) is 0 Å². The molecule has 0 spiro atoms. The van der Waals surface area contributed by atoms with Crippen molar-refractivity contribution in [3.05, 3.63) is 35.4 Å². The van der Waals surface area contributed by atoms with E-state index in [4.69, 9.17) is 0 Å². The van der Waals surface area contributed by atoms with Crippen LogP contribution >= 0.6 is 0 Å². The highest BCUT2D eigenvalue weighted by molar-refractivity contribution is 7.91. The minimum atomic E-state index is -3.01. The number of hydrogen-bond acceptors (Lipinski definition) is 3. The summed E-state index contributed by atoms with van der Waals surface area (Å²) in [6, 6.07) is 10.6. The molecule has 20 heavy (non-hydrogen) atoms. The second-order valence-electron chi connectivity index (χ2n) is 5.74. The van der Waals surface area contributed by atoms with Crippen LogP contribution in [0.3, 0.4) is 0 Å². The number of hydrogen-bond donors (Lipinski definition) is 0. The Hall–Kier alpha value is -1.34. The molecule has 0 saturated carbocycles. The van der Waals surface area contributed by atoms with Crippen molar-refractivity contribution in [1.82, 2.24) is 0 Å². The molecule has 0 N–H and O–H groups in total. The highest BCUT2D eigenvalue weighted by Gasteiger charge is 2.35. The third-order valence-corrected chi connectivity index (χ3v) is 6.02. The molecule has 0 saturated heterocycles. The summed E-state index contributed by atoms with van der Waals surface area (Å²) in [5.41, 5.74) is 2.00. The molecule has 0 aromatic heterocycles. The van der Waals surface area contributed by atoms with E-state index in [2.05, 4.69) is 18.2 Å². The van der Waals surface area contributed by atoms with Crippen molar-refractivity contribution in [3.63, 3.8) is 0 Å². The topological polar surface area (TPSA) is 57.9 Å². The predicted molar refractivity (Wildman–Crippen MR) is 80.1 cm³/mol. The van der Waals surface area contributed by atoms with Gasteiger partial charge in [-0.3, -0.25) is 0 Å². The molecule has 2 rings (SSSR count). The lowest BCUT2D eigenvalue weighted by Crippen LogP contribution is -2.30. The van der Waals surface area contributed by atoms with Gasteiger partial charge in [-0.25, -0.2) is 8.42 Å². The molecule has 0 amide bonds. The van der Waals surface area contributed by atoms with Gasteiger partial charge in [0.15, 0.2) is 0 Å². The molecule has 1 atom stereocenters. The molecule has 0 heterocycles. The molecule has 1 aromatic carbocycles. The van der Waals surface area contributed by atoms with Crippen LogP contribution in [0.15, 0.2) is 24.3 Å². The maximum Gasteiger partial charge on any atom is 0.150 e. The second kappa shape index (κ2) is 5.97. The molecule has 1 aliphatic carbocycles. The van der Waals surface area contributed by atoms with Crippen molar-refractivity contribution in [2.24, 2.45) is 5.41 Å². The summed E-state index contributed by atoms with van der Waals surface area (Å²) < 4.78 is 23.7. The summed E-state index contributed by atoms with van der Waals surface area (Å²) in [6.07, 6.45) is 3.42. The van der Waals surface area contributed by atoms with E-state index in [-0.39, 0.29) is 11.5 Å². The number of nitriles is 1. The standard InChI is InChI=1S/C16H21NO2S/c1-2-10-20(18,19)11-9-16(13-17)8-7-14-5-3-4-6-15(14)12-16/h3-6H,2,7-12H2,1H3. The third kappa shape index (κ3) is 3.40. The van der Waals surface area contributed by atoms with Crippen molar-refractivity contribution < 1.29 is 8.42 Å². The number of nitrogens with zero attached hydrogens (tertiary/aromatic N) is 1. The van der Waals surface area contributed by atoms with Crippen LogP contribution in [0.4, 0.5) is 0 Å². The van der Waals surface area contributed by atoms with Crippen molar-refractivity contribution in [3.8, 4) is 6.07 Å². The normalized spacial score (nSPS) is 22.0. The van der Waals surface area contributed by atoms with Gasteiger partial charge in [0.2, 0.25) is 0 Å². The first-order valence-electron chi connectivity index (χ1n) is 7.19. The maximum absolute atomic E-state index is 11.9. The van der Waals surface area contributed by atoms with Crippen LogP contribution in [-0.2, 0) is 22.7 Å². The molecule has 0 bridgehead atoms. The first kappa shape index (κ1) is 15.1. The van der Waals surface area contributed by atoms with Gasteiger partial charge < -0.3 is 0 Å². The average Bonchev–Trinajstić information content (AvgIpc) is 2.45. The Bertz CT molecular complexity index is 616. The zero-order valence-corrected chi connectivity index (χ0v) is 12.7. The highest BCUT2D eigenvalue weighted by atomic mass is 32.2. The summed E-state index contributed by atoms with van der Waals surface area (Å²) in [5.74, 6) is 0.363. The molecule has 0 radical (unpaired) electrons. The fraction of sp³-hybridized carbons (Fsp3) is 0.562. The van der Waals surface area contributed by atoms with Crippen molar-refractivity contribution >= 4 is 9.84 Å². The Balaban J connectivity index is 2.12. The molecule has 4 heteroatoms. The van der Waals surface area contributed by atoms with E-state index in [1.807, 2.05) is 19.1 Å². The van der Waals surface area contributed by atoms with Gasteiger partial charge in [0, 0.05) is 5.75 Å². The number of rotatable bonds is 5. The van der Waals surface area contributed by atoms with Crippen molar-refractivity contribution in [1.29, 1.82) is 5.26 Å². The van der Waals surface area contributed by atoms with Crippen LogP contribution in [0.2, 0.25) is 0 Å². The minimum absolute atomic E-state index is 0.135. The summed E-state index contributed by atoms with van der Waals surface area (Å²) in [6.45, 7) is 1.87. The van der Waals surface area contributed by atoms with E-state index in [1.54, 1.807) is 0 Å². The summed E-state index contributed by atoms with van der Waals surface area (Å²) in [7, 11) is -3.01. The lowest BCUT2D eigenvalue weighted by molar-refractivity contribution is 0.330. The fourth-order valence-electron chi connectivity index (χ4n) is 2.93. The Morgan fingerprint density at radius 2 is 1.95 bits per heavy atom. The Morgan fingerprint density at radius 3 is 2.60 bits per heavy atom. The van der Waals surface area contributed by atoms with Gasteiger partial charge in [-0.05, 0) is 43.2 Å². The van der Waals surface area contributed by atoms with Crippen molar-refractivity contribution in [2.75, 3.05) is 11.5 Å². The quantitative estimate of drug-likeness (QED) is 0.838. The maximum atomic E-state index is 11.9. The number of benzene rings is 1. The number of sulfone groups is 1. The molecule has 108 valence electrons. The zero-order valence-electron chi connectivity index (χ0n) is 11.9. The number of fused-ring (bicyclic) bond motifs is 1. The zero-order chi connectivity index (χ0) is 14.6. The molecule has 3 nitrogen and oxygen atoms in total. The first-order chi connectivity index (χ1) is 9.50. The highest BCUT2D eigenvalue weighted by Crippen LogP contribution is 2.38. The molecule has 1 aliphatic rings. The molecular formula is C16H21NO2S.